The van der Waals surface area contributed by atoms with Crippen LogP contribution in [0.5, 0.6) is 0 Å². The van der Waals surface area contributed by atoms with Crippen molar-refractivity contribution >= 4 is 23.0 Å². The monoisotopic (exact) mass is 291 g/mol. The molecule has 3 rings (SSSR count). The number of anilines is 2. The Kier molecular flexibility index (Phi) is 3.29. The zero-order chi connectivity index (χ0) is 15.0. The zero-order valence-electron chi connectivity index (χ0n) is 11.8. The second-order valence-corrected chi connectivity index (χ2v) is 5.79. The van der Waals surface area contributed by atoms with Crippen LogP contribution < -0.4 is 10.2 Å². The third kappa shape index (κ3) is 2.56. The largest absolute Gasteiger partial charge is 0.376 e. The van der Waals surface area contributed by atoms with Gasteiger partial charge in [-0.2, -0.15) is 0 Å². The molecule has 0 bridgehead atoms. The lowest BCUT2D eigenvalue weighted by atomic mass is 10.00. The van der Waals surface area contributed by atoms with E-state index in [0.29, 0.717) is 37.6 Å². The van der Waals surface area contributed by atoms with Gasteiger partial charge in [0.2, 0.25) is 5.91 Å². The highest BCUT2D eigenvalue weighted by molar-refractivity contribution is 5.96. The minimum absolute atomic E-state index is 0.0136. The fourth-order valence-electron chi connectivity index (χ4n) is 2.67. The predicted molar refractivity (Wildman–Crippen MR) is 77.5 cm³/mol. The van der Waals surface area contributed by atoms with Gasteiger partial charge in [-0.1, -0.05) is 0 Å². The van der Waals surface area contributed by atoms with E-state index >= 15 is 0 Å². The summed E-state index contributed by atoms with van der Waals surface area (Å²) in [6.07, 6.45) is 1.30. The second-order valence-electron chi connectivity index (χ2n) is 5.79. The molecule has 2 aliphatic heterocycles. The lowest BCUT2D eigenvalue weighted by molar-refractivity contribution is -0.384. The third-order valence-electron chi connectivity index (χ3n) is 3.84. The van der Waals surface area contributed by atoms with E-state index in [1.54, 1.807) is 17.0 Å². The van der Waals surface area contributed by atoms with Crippen molar-refractivity contribution in [3.63, 3.8) is 0 Å². The smallest absolute Gasteiger partial charge is 0.294 e. The van der Waals surface area contributed by atoms with Crippen molar-refractivity contribution in [3.8, 4) is 0 Å². The summed E-state index contributed by atoms with van der Waals surface area (Å²) in [5.41, 5.74) is 0.765. The fourth-order valence-corrected chi connectivity index (χ4v) is 2.67. The number of benzene rings is 1. The Labute approximate surface area is 122 Å². The van der Waals surface area contributed by atoms with E-state index in [9.17, 15) is 14.9 Å². The summed E-state index contributed by atoms with van der Waals surface area (Å²) in [6.45, 7) is 3.62. The van der Waals surface area contributed by atoms with Crippen LogP contribution in [0, 0.1) is 10.1 Å². The van der Waals surface area contributed by atoms with Crippen molar-refractivity contribution in [2.45, 2.75) is 25.3 Å². The highest BCUT2D eigenvalue weighted by atomic mass is 16.6. The fraction of sp³-hybridized carbons (Fsp3) is 0.500. The highest BCUT2D eigenvalue weighted by Gasteiger charge is 2.35. The molecule has 0 radical (unpaired) electrons. The third-order valence-corrected chi connectivity index (χ3v) is 3.84. The molecule has 0 saturated carbocycles. The number of hydrogen-bond acceptors (Lipinski definition) is 5. The van der Waals surface area contributed by atoms with Gasteiger partial charge in [0.1, 0.15) is 5.69 Å². The number of rotatable bonds is 4. The van der Waals surface area contributed by atoms with Crippen molar-refractivity contribution in [1.82, 2.24) is 0 Å². The molecule has 1 N–H and O–H groups in total. The van der Waals surface area contributed by atoms with Gasteiger partial charge < -0.3 is 15.0 Å². The lowest BCUT2D eigenvalue weighted by Gasteiger charge is -2.39. The van der Waals surface area contributed by atoms with Gasteiger partial charge in [-0.15, -0.1) is 0 Å². The molecule has 7 nitrogen and oxygen atoms in total. The average Bonchev–Trinajstić information content (AvgIpc) is 2.83. The molecule has 0 aromatic heterocycles. The maximum atomic E-state index is 11.7. The van der Waals surface area contributed by atoms with Gasteiger partial charge >= 0.3 is 0 Å². The Morgan fingerprint density at radius 3 is 2.71 bits per heavy atom. The summed E-state index contributed by atoms with van der Waals surface area (Å²) >= 11 is 0. The van der Waals surface area contributed by atoms with Crippen molar-refractivity contribution in [2.24, 2.45) is 0 Å². The molecule has 7 heteroatoms. The van der Waals surface area contributed by atoms with Gasteiger partial charge in [-0.25, -0.2) is 0 Å². The summed E-state index contributed by atoms with van der Waals surface area (Å²) in [6, 6.07) is 4.89. The maximum Gasteiger partial charge on any atom is 0.294 e. The molecule has 1 amide bonds. The van der Waals surface area contributed by atoms with Gasteiger partial charge in [-0.3, -0.25) is 14.9 Å². The SMILES string of the molecule is CC1(Nc2ccc(N3CCCC3=O)cc2[N+](=O)[O-])COC1. The second kappa shape index (κ2) is 5.00. The molecule has 1 aromatic rings. The van der Waals surface area contributed by atoms with Crippen molar-refractivity contribution < 1.29 is 14.5 Å². The molecule has 112 valence electrons. The van der Waals surface area contributed by atoms with E-state index in [1.165, 1.54) is 6.07 Å². The predicted octanol–water partition coefficient (Wildman–Crippen LogP) is 1.92. The van der Waals surface area contributed by atoms with Gasteiger partial charge in [0, 0.05) is 19.0 Å². The number of nitrogens with zero attached hydrogens (tertiary/aromatic N) is 2. The molecule has 2 fully saturated rings. The van der Waals surface area contributed by atoms with E-state index in [4.69, 9.17) is 4.74 Å². The Bertz CT molecular complexity index is 598. The first-order valence-electron chi connectivity index (χ1n) is 6.93. The van der Waals surface area contributed by atoms with E-state index in [1.807, 2.05) is 6.92 Å². The van der Waals surface area contributed by atoms with Crippen molar-refractivity contribution in [3.05, 3.63) is 28.3 Å². The summed E-state index contributed by atoms with van der Waals surface area (Å²) in [7, 11) is 0. The van der Waals surface area contributed by atoms with Gasteiger partial charge in [-0.05, 0) is 25.5 Å². The molecule has 0 spiro atoms. The number of nitro groups is 1. The van der Waals surface area contributed by atoms with Crippen LogP contribution in [-0.4, -0.2) is 36.1 Å². The zero-order valence-corrected chi connectivity index (χ0v) is 11.8. The molecule has 0 atom stereocenters. The Hall–Kier alpha value is -2.15. The van der Waals surface area contributed by atoms with Crippen molar-refractivity contribution in [1.29, 1.82) is 0 Å². The number of amides is 1. The Morgan fingerprint density at radius 1 is 1.43 bits per heavy atom. The van der Waals surface area contributed by atoms with Crippen LogP contribution in [0.25, 0.3) is 0 Å². The minimum Gasteiger partial charge on any atom is -0.376 e. The Morgan fingerprint density at radius 2 is 2.19 bits per heavy atom. The number of nitrogens with one attached hydrogen (secondary N) is 1. The van der Waals surface area contributed by atoms with Crippen LogP contribution in [0.2, 0.25) is 0 Å². The molecule has 0 unspecified atom stereocenters. The topological polar surface area (TPSA) is 84.7 Å². The normalized spacial score (nSPS) is 20.2. The minimum atomic E-state index is -0.421. The summed E-state index contributed by atoms with van der Waals surface area (Å²) in [4.78, 5) is 24.2. The van der Waals surface area contributed by atoms with Gasteiger partial charge in [0.25, 0.3) is 5.69 Å². The van der Waals surface area contributed by atoms with Gasteiger partial charge in [0.15, 0.2) is 0 Å². The highest BCUT2D eigenvalue weighted by Crippen LogP contribution is 2.34. The first kappa shape index (κ1) is 13.8. The van der Waals surface area contributed by atoms with Crippen LogP contribution in [-0.2, 0) is 9.53 Å². The maximum absolute atomic E-state index is 11.7. The molecule has 2 aliphatic rings. The van der Waals surface area contributed by atoms with Gasteiger partial charge in [0.05, 0.1) is 29.4 Å². The number of carbonyl (C=O) groups is 1. The summed E-state index contributed by atoms with van der Waals surface area (Å²) in [5, 5.41) is 14.5. The van der Waals surface area contributed by atoms with Crippen LogP contribution >= 0.6 is 0 Å². The average molecular weight is 291 g/mol. The van der Waals surface area contributed by atoms with E-state index in [-0.39, 0.29) is 17.1 Å². The molecular formula is C14H17N3O4. The number of carbonyl (C=O) groups excluding carboxylic acids is 1. The van der Waals surface area contributed by atoms with Crippen LogP contribution in [0.3, 0.4) is 0 Å². The number of hydrogen-bond donors (Lipinski definition) is 1. The van der Waals surface area contributed by atoms with Crippen LogP contribution in [0.4, 0.5) is 17.1 Å². The summed E-state index contributed by atoms with van der Waals surface area (Å²) < 4.78 is 5.14. The standard InChI is InChI=1S/C14H17N3O4/c1-14(8-21-9-14)15-11-5-4-10(7-12(11)17(19)20)16-6-2-3-13(16)18/h4-5,7,15H,2-3,6,8-9H2,1H3. The van der Waals surface area contributed by atoms with Crippen molar-refractivity contribution in [2.75, 3.05) is 30.0 Å². The summed E-state index contributed by atoms with van der Waals surface area (Å²) in [5.74, 6) is 0.0179. The van der Waals surface area contributed by atoms with E-state index in [2.05, 4.69) is 5.32 Å². The van der Waals surface area contributed by atoms with E-state index in [0.717, 1.165) is 6.42 Å². The molecule has 2 heterocycles. The molecular weight excluding hydrogens is 274 g/mol. The first-order valence-corrected chi connectivity index (χ1v) is 6.93. The molecule has 21 heavy (non-hydrogen) atoms. The van der Waals surface area contributed by atoms with Crippen LogP contribution in [0.15, 0.2) is 18.2 Å². The number of ether oxygens (including phenoxy) is 1. The molecule has 1 aromatic carbocycles. The number of nitro benzene ring substituents is 1. The first-order chi connectivity index (χ1) is 9.98. The Balaban J connectivity index is 1.91. The van der Waals surface area contributed by atoms with E-state index < -0.39 is 4.92 Å². The quantitative estimate of drug-likeness (QED) is 0.676. The molecule has 2 saturated heterocycles. The molecule has 0 aliphatic carbocycles. The lowest BCUT2D eigenvalue weighted by Crippen LogP contribution is -2.53. The van der Waals surface area contributed by atoms with Crippen LogP contribution in [0.1, 0.15) is 19.8 Å².